The molecule has 1 unspecified atom stereocenters. The van der Waals surface area contributed by atoms with Crippen molar-refractivity contribution >= 4 is 27.3 Å². The van der Waals surface area contributed by atoms with Gasteiger partial charge in [-0.25, -0.2) is 0 Å². The minimum atomic E-state index is 0.235. The Morgan fingerprint density at radius 3 is 2.82 bits per heavy atom. The Kier molecular flexibility index (Phi) is 6.29. The van der Waals surface area contributed by atoms with E-state index in [1.54, 1.807) is 12.4 Å². The quantitative estimate of drug-likeness (QED) is 0.724. The topological polar surface area (TPSA) is 71.2 Å². The second-order valence-electron chi connectivity index (χ2n) is 4.13. The lowest BCUT2D eigenvalue weighted by Crippen LogP contribution is -2.16. The van der Waals surface area contributed by atoms with Crippen LogP contribution in [0.5, 0.6) is 0 Å². The molecule has 4 N–H and O–H groups in total. The summed E-state index contributed by atoms with van der Waals surface area (Å²) in [5, 5.41) is 12.3. The molecule has 1 atom stereocenters. The number of hydrogen-bond acceptors (Lipinski definition) is 4. The molecule has 1 aromatic rings. The number of pyridine rings is 1. The van der Waals surface area contributed by atoms with Crippen LogP contribution >= 0.6 is 15.9 Å². The molecule has 0 saturated heterocycles. The first kappa shape index (κ1) is 14.3. The Morgan fingerprint density at radius 2 is 2.24 bits per heavy atom. The number of halogens is 1. The maximum atomic E-state index is 9.00. The average molecular weight is 302 g/mol. The molecule has 1 aromatic heterocycles. The van der Waals surface area contributed by atoms with Gasteiger partial charge in [-0.2, -0.15) is 0 Å². The zero-order valence-electron chi connectivity index (χ0n) is 10.1. The van der Waals surface area contributed by atoms with Crippen molar-refractivity contribution in [1.82, 2.24) is 4.98 Å². The van der Waals surface area contributed by atoms with E-state index < -0.39 is 0 Å². The fourth-order valence-corrected chi connectivity index (χ4v) is 2.31. The van der Waals surface area contributed by atoms with Crippen LogP contribution in [0.1, 0.15) is 26.2 Å². The van der Waals surface area contributed by atoms with Crippen molar-refractivity contribution in [1.29, 1.82) is 0 Å². The summed E-state index contributed by atoms with van der Waals surface area (Å²) in [5.74, 6) is 0.476. The van der Waals surface area contributed by atoms with Crippen molar-refractivity contribution in [3.05, 3.63) is 16.9 Å². The fraction of sp³-hybridized carbons (Fsp3) is 0.583. The SMILES string of the molecule is CCCC(CCO)CNc1c(N)cncc1Br. The van der Waals surface area contributed by atoms with Crippen LogP contribution in [0, 0.1) is 5.92 Å². The number of rotatable bonds is 7. The first-order valence-corrected chi connectivity index (χ1v) is 6.72. The standard InChI is InChI=1S/C12H20BrN3O/c1-2-3-9(4-5-17)6-16-12-10(13)7-15-8-11(12)14/h7-9,17H,2-6,14H2,1H3,(H,15,16). The molecular weight excluding hydrogens is 282 g/mol. The Morgan fingerprint density at radius 1 is 1.47 bits per heavy atom. The number of nitrogens with two attached hydrogens (primary N) is 1. The largest absolute Gasteiger partial charge is 0.396 e. The van der Waals surface area contributed by atoms with Gasteiger partial charge in [-0.05, 0) is 34.7 Å². The molecule has 0 aliphatic carbocycles. The zero-order valence-corrected chi connectivity index (χ0v) is 11.7. The van der Waals surface area contributed by atoms with Gasteiger partial charge in [-0.3, -0.25) is 4.98 Å². The lowest BCUT2D eigenvalue weighted by Gasteiger charge is -2.18. The molecule has 5 heteroatoms. The lowest BCUT2D eigenvalue weighted by atomic mass is 10.0. The third-order valence-corrected chi connectivity index (χ3v) is 3.33. The van der Waals surface area contributed by atoms with Crippen LogP contribution in [-0.2, 0) is 0 Å². The number of anilines is 2. The Balaban J connectivity index is 2.58. The zero-order chi connectivity index (χ0) is 12.7. The van der Waals surface area contributed by atoms with Crippen LogP contribution in [0.15, 0.2) is 16.9 Å². The molecule has 0 aliphatic rings. The number of aliphatic hydroxyl groups is 1. The van der Waals surface area contributed by atoms with Crippen molar-refractivity contribution in [2.45, 2.75) is 26.2 Å². The second kappa shape index (κ2) is 7.50. The molecule has 96 valence electrons. The molecule has 0 bridgehead atoms. The molecule has 0 saturated carbocycles. The highest BCUT2D eigenvalue weighted by molar-refractivity contribution is 9.10. The van der Waals surface area contributed by atoms with Crippen LogP contribution in [0.3, 0.4) is 0 Å². The van der Waals surface area contributed by atoms with E-state index in [0.29, 0.717) is 11.6 Å². The third-order valence-electron chi connectivity index (χ3n) is 2.73. The van der Waals surface area contributed by atoms with E-state index in [2.05, 4.69) is 33.2 Å². The van der Waals surface area contributed by atoms with E-state index in [4.69, 9.17) is 10.8 Å². The summed E-state index contributed by atoms with van der Waals surface area (Å²) < 4.78 is 0.872. The van der Waals surface area contributed by atoms with E-state index in [9.17, 15) is 0 Å². The first-order chi connectivity index (χ1) is 8.19. The number of nitrogens with zero attached hydrogens (tertiary/aromatic N) is 1. The van der Waals surface area contributed by atoms with Crippen molar-refractivity contribution in [2.75, 3.05) is 24.2 Å². The maximum absolute atomic E-state index is 9.00. The fourth-order valence-electron chi connectivity index (χ4n) is 1.82. The third kappa shape index (κ3) is 4.52. The summed E-state index contributed by atoms with van der Waals surface area (Å²) in [6.07, 6.45) is 6.41. The predicted octanol–water partition coefficient (Wildman–Crippen LogP) is 2.64. The van der Waals surface area contributed by atoms with Crippen LogP contribution in [0.25, 0.3) is 0 Å². The van der Waals surface area contributed by atoms with Gasteiger partial charge < -0.3 is 16.2 Å². The molecule has 0 aromatic carbocycles. The molecule has 17 heavy (non-hydrogen) atoms. The van der Waals surface area contributed by atoms with Crippen molar-refractivity contribution in [2.24, 2.45) is 5.92 Å². The molecule has 0 aliphatic heterocycles. The van der Waals surface area contributed by atoms with E-state index >= 15 is 0 Å². The minimum absolute atomic E-state index is 0.235. The summed E-state index contributed by atoms with van der Waals surface area (Å²) in [7, 11) is 0. The average Bonchev–Trinajstić information content (AvgIpc) is 2.29. The highest BCUT2D eigenvalue weighted by Crippen LogP contribution is 2.27. The van der Waals surface area contributed by atoms with E-state index in [-0.39, 0.29) is 6.61 Å². The molecule has 0 amide bonds. The smallest absolute Gasteiger partial charge is 0.0750 e. The molecule has 1 rings (SSSR count). The number of aromatic nitrogens is 1. The second-order valence-corrected chi connectivity index (χ2v) is 4.99. The number of hydrogen-bond donors (Lipinski definition) is 3. The Labute approximate surface area is 111 Å². The molecule has 0 spiro atoms. The molecule has 4 nitrogen and oxygen atoms in total. The van der Waals surface area contributed by atoms with E-state index in [0.717, 1.165) is 36.0 Å². The van der Waals surface area contributed by atoms with Crippen molar-refractivity contribution in [3.8, 4) is 0 Å². The summed E-state index contributed by atoms with van der Waals surface area (Å²) >= 11 is 3.42. The Bertz CT molecular complexity index is 320. The minimum Gasteiger partial charge on any atom is -0.396 e. The molecule has 0 fully saturated rings. The van der Waals surface area contributed by atoms with Crippen LogP contribution < -0.4 is 11.1 Å². The summed E-state index contributed by atoms with van der Waals surface area (Å²) in [5.41, 5.74) is 7.38. The van der Waals surface area contributed by atoms with Crippen LogP contribution in [-0.4, -0.2) is 23.2 Å². The van der Waals surface area contributed by atoms with Gasteiger partial charge in [0.25, 0.3) is 0 Å². The summed E-state index contributed by atoms with van der Waals surface area (Å²) in [4.78, 5) is 3.99. The van der Waals surface area contributed by atoms with Gasteiger partial charge >= 0.3 is 0 Å². The number of aliphatic hydroxyl groups excluding tert-OH is 1. The maximum Gasteiger partial charge on any atom is 0.0750 e. The first-order valence-electron chi connectivity index (χ1n) is 5.92. The molecule has 1 heterocycles. The van der Waals surface area contributed by atoms with E-state index in [1.165, 1.54) is 0 Å². The van der Waals surface area contributed by atoms with Gasteiger partial charge in [0.15, 0.2) is 0 Å². The molecular formula is C12H20BrN3O. The van der Waals surface area contributed by atoms with Gasteiger partial charge in [-0.15, -0.1) is 0 Å². The Hall–Kier alpha value is -0.810. The van der Waals surface area contributed by atoms with Crippen molar-refractivity contribution in [3.63, 3.8) is 0 Å². The summed E-state index contributed by atoms with van der Waals surface area (Å²) in [6, 6.07) is 0. The van der Waals surface area contributed by atoms with Crippen LogP contribution in [0.2, 0.25) is 0 Å². The normalized spacial score (nSPS) is 12.4. The van der Waals surface area contributed by atoms with Gasteiger partial charge in [-0.1, -0.05) is 13.3 Å². The lowest BCUT2D eigenvalue weighted by molar-refractivity contribution is 0.255. The van der Waals surface area contributed by atoms with Crippen LogP contribution in [0.4, 0.5) is 11.4 Å². The number of nitrogens with one attached hydrogen (secondary N) is 1. The monoisotopic (exact) mass is 301 g/mol. The van der Waals surface area contributed by atoms with Gasteiger partial charge in [0.1, 0.15) is 0 Å². The number of nitrogen functional groups attached to an aromatic ring is 1. The highest BCUT2D eigenvalue weighted by Gasteiger charge is 2.09. The molecule has 0 radical (unpaired) electrons. The van der Waals surface area contributed by atoms with Gasteiger partial charge in [0, 0.05) is 19.3 Å². The van der Waals surface area contributed by atoms with Gasteiger partial charge in [0.05, 0.1) is 22.0 Å². The highest BCUT2D eigenvalue weighted by atomic mass is 79.9. The van der Waals surface area contributed by atoms with E-state index in [1.807, 2.05) is 0 Å². The summed E-state index contributed by atoms with van der Waals surface area (Å²) in [6.45, 7) is 3.21. The predicted molar refractivity (Wildman–Crippen MR) is 74.9 cm³/mol. The van der Waals surface area contributed by atoms with Gasteiger partial charge in [0.2, 0.25) is 0 Å². The van der Waals surface area contributed by atoms with Crippen molar-refractivity contribution < 1.29 is 5.11 Å².